The van der Waals surface area contributed by atoms with Gasteiger partial charge in [-0.05, 0) is 45.6 Å². The summed E-state index contributed by atoms with van der Waals surface area (Å²) in [6, 6.07) is 8.39. The molecule has 1 saturated heterocycles. The van der Waals surface area contributed by atoms with Crippen molar-refractivity contribution >= 4 is 22.7 Å². The van der Waals surface area contributed by atoms with E-state index in [1.165, 1.54) is 32.1 Å². The van der Waals surface area contributed by atoms with Crippen molar-refractivity contribution in [1.82, 2.24) is 25.3 Å². The number of carbonyl (C=O) groups is 2. The predicted molar refractivity (Wildman–Crippen MR) is 136 cm³/mol. The highest BCUT2D eigenvalue weighted by molar-refractivity contribution is 6.04. The van der Waals surface area contributed by atoms with Gasteiger partial charge in [-0.15, -0.1) is 0 Å². The van der Waals surface area contributed by atoms with Crippen LogP contribution in [-0.2, 0) is 4.79 Å². The van der Waals surface area contributed by atoms with Gasteiger partial charge in [0.05, 0.1) is 5.52 Å². The lowest BCUT2D eigenvalue weighted by atomic mass is 9.90. The van der Waals surface area contributed by atoms with Crippen molar-refractivity contribution in [1.29, 1.82) is 0 Å². The van der Waals surface area contributed by atoms with Gasteiger partial charge in [-0.2, -0.15) is 5.10 Å². The summed E-state index contributed by atoms with van der Waals surface area (Å²) < 4.78 is 1.92. The molecule has 0 atom stereocenters. The third-order valence-electron chi connectivity index (χ3n) is 7.44. The SMILES string of the molecule is CC(C)n1nc(C(=O)NCCN2CCC(NC(=O)C3CCCCCCC3)CC2)c2ccccc21. The molecule has 0 radical (unpaired) electrons. The summed E-state index contributed by atoms with van der Waals surface area (Å²) in [6.45, 7) is 7.47. The maximum Gasteiger partial charge on any atom is 0.272 e. The molecule has 2 aromatic rings. The Kier molecular flexibility index (Phi) is 8.59. The monoisotopic (exact) mass is 467 g/mol. The summed E-state index contributed by atoms with van der Waals surface area (Å²) in [5.74, 6) is 0.376. The highest BCUT2D eigenvalue weighted by atomic mass is 16.2. The van der Waals surface area contributed by atoms with Crippen molar-refractivity contribution < 1.29 is 9.59 Å². The number of carbonyl (C=O) groups excluding carboxylic acids is 2. The Morgan fingerprint density at radius 3 is 2.38 bits per heavy atom. The van der Waals surface area contributed by atoms with Crippen molar-refractivity contribution in [2.45, 2.75) is 83.7 Å². The van der Waals surface area contributed by atoms with Gasteiger partial charge in [0.2, 0.25) is 5.91 Å². The lowest BCUT2D eigenvalue weighted by Crippen LogP contribution is -2.47. The molecule has 1 aromatic carbocycles. The number of para-hydroxylation sites is 1. The molecular weight excluding hydrogens is 426 g/mol. The normalized spacial score (nSPS) is 19.1. The molecule has 2 amide bonds. The van der Waals surface area contributed by atoms with E-state index in [1.807, 2.05) is 28.9 Å². The minimum atomic E-state index is -0.114. The van der Waals surface area contributed by atoms with Gasteiger partial charge in [0.1, 0.15) is 0 Å². The zero-order chi connectivity index (χ0) is 23.9. The number of rotatable bonds is 7. The van der Waals surface area contributed by atoms with Crippen LogP contribution in [0.25, 0.3) is 10.9 Å². The molecule has 2 fully saturated rings. The number of nitrogens with one attached hydrogen (secondary N) is 2. The number of hydrogen-bond donors (Lipinski definition) is 2. The minimum absolute atomic E-state index is 0.114. The van der Waals surface area contributed by atoms with Crippen LogP contribution in [0.1, 0.15) is 88.2 Å². The number of nitrogens with zero attached hydrogens (tertiary/aromatic N) is 3. The molecule has 0 spiro atoms. The van der Waals surface area contributed by atoms with Gasteiger partial charge in [-0.25, -0.2) is 0 Å². The van der Waals surface area contributed by atoms with Gasteiger partial charge in [-0.3, -0.25) is 14.3 Å². The Bertz CT molecular complexity index is 953. The molecule has 1 aliphatic carbocycles. The smallest absolute Gasteiger partial charge is 0.272 e. The van der Waals surface area contributed by atoms with E-state index in [2.05, 4.69) is 34.5 Å². The molecule has 1 aliphatic heterocycles. The summed E-state index contributed by atoms with van der Waals surface area (Å²) >= 11 is 0. The third-order valence-corrected chi connectivity index (χ3v) is 7.44. The van der Waals surface area contributed by atoms with E-state index in [4.69, 9.17) is 0 Å². The number of piperidine rings is 1. The fourth-order valence-electron chi connectivity index (χ4n) is 5.40. The molecule has 2 aliphatic rings. The first-order chi connectivity index (χ1) is 16.5. The highest BCUT2D eigenvalue weighted by Gasteiger charge is 2.25. The predicted octanol–water partition coefficient (Wildman–Crippen LogP) is 4.29. The van der Waals surface area contributed by atoms with Crippen LogP contribution < -0.4 is 10.6 Å². The molecule has 1 saturated carbocycles. The van der Waals surface area contributed by atoms with Crippen LogP contribution in [0.15, 0.2) is 24.3 Å². The van der Waals surface area contributed by atoms with Crippen LogP contribution in [0.2, 0.25) is 0 Å². The zero-order valence-electron chi connectivity index (χ0n) is 20.9. The fraction of sp³-hybridized carbons (Fsp3) is 0.667. The lowest BCUT2D eigenvalue weighted by molar-refractivity contribution is -0.126. The third kappa shape index (κ3) is 6.17. The summed E-state index contributed by atoms with van der Waals surface area (Å²) in [7, 11) is 0. The summed E-state index contributed by atoms with van der Waals surface area (Å²) in [5, 5.41) is 11.9. The molecule has 0 bridgehead atoms. The number of amides is 2. The standard InChI is InChI=1S/C27H41N5O2/c1-20(2)32-24-13-9-8-12-23(24)25(30-32)27(34)28-16-19-31-17-14-22(15-18-31)29-26(33)21-10-6-4-3-5-7-11-21/h8-9,12-13,20-22H,3-7,10-11,14-19H2,1-2H3,(H,28,34)(H,29,33). The van der Waals surface area contributed by atoms with Gasteiger partial charge >= 0.3 is 0 Å². The topological polar surface area (TPSA) is 79.3 Å². The van der Waals surface area contributed by atoms with Crippen LogP contribution in [0.3, 0.4) is 0 Å². The molecule has 7 nitrogen and oxygen atoms in total. The quantitative estimate of drug-likeness (QED) is 0.637. The van der Waals surface area contributed by atoms with E-state index in [0.29, 0.717) is 12.2 Å². The number of benzene rings is 1. The second kappa shape index (κ2) is 11.8. The van der Waals surface area contributed by atoms with E-state index >= 15 is 0 Å². The van der Waals surface area contributed by atoms with Crippen LogP contribution >= 0.6 is 0 Å². The maximum absolute atomic E-state index is 12.9. The van der Waals surface area contributed by atoms with Crippen molar-refractivity contribution in [3.8, 4) is 0 Å². The first-order valence-corrected chi connectivity index (χ1v) is 13.3. The van der Waals surface area contributed by atoms with E-state index in [-0.39, 0.29) is 29.8 Å². The molecule has 34 heavy (non-hydrogen) atoms. The molecule has 2 heterocycles. The van der Waals surface area contributed by atoms with Crippen molar-refractivity contribution in [2.75, 3.05) is 26.2 Å². The molecule has 0 unspecified atom stereocenters. The molecule has 2 N–H and O–H groups in total. The highest BCUT2D eigenvalue weighted by Crippen LogP contribution is 2.24. The molecule has 7 heteroatoms. The first kappa shape index (κ1) is 24.7. The Morgan fingerprint density at radius 2 is 1.68 bits per heavy atom. The Balaban J connectivity index is 1.20. The molecule has 4 rings (SSSR count). The summed E-state index contributed by atoms with van der Waals surface area (Å²) in [5.41, 5.74) is 1.49. The van der Waals surface area contributed by atoms with Crippen molar-refractivity contribution in [3.05, 3.63) is 30.0 Å². The Labute approximate surface area is 203 Å². The average Bonchev–Trinajstić information content (AvgIpc) is 3.20. The fourth-order valence-corrected chi connectivity index (χ4v) is 5.40. The second-order valence-electron chi connectivity index (χ2n) is 10.3. The maximum atomic E-state index is 12.9. The van der Waals surface area contributed by atoms with Crippen LogP contribution in [0.5, 0.6) is 0 Å². The second-order valence-corrected chi connectivity index (χ2v) is 10.3. The van der Waals surface area contributed by atoms with Gasteiger partial charge in [0, 0.05) is 49.6 Å². The van der Waals surface area contributed by atoms with Gasteiger partial charge in [0.25, 0.3) is 5.91 Å². The van der Waals surface area contributed by atoms with E-state index in [9.17, 15) is 9.59 Å². The van der Waals surface area contributed by atoms with Crippen molar-refractivity contribution in [3.63, 3.8) is 0 Å². The van der Waals surface area contributed by atoms with Gasteiger partial charge < -0.3 is 15.5 Å². The van der Waals surface area contributed by atoms with Crippen LogP contribution in [0, 0.1) is 5.92 Å². The number of likely N-dealkylation sites (tertiary alicyclic amines) is 1. The molecular formula is C27H41N5O2. The lowest BCUT2D eigenvalue weighted by Gasteiger charge is -2.33. The van der Waals surface area contributed by atoms with Crippen LogP contribution in [0.4, 0.5) is 0 Å². The summed E-state index contributed by atoms with van der Waals surface area (Å²) in [6.07, 6.45) is 10.3. The average molecular weight is 468 g/mol. The zero-order valence-corrected chi connectivity index (χ0v) is 20.9. The number of aromatic nitrogens is 2. The van der Waals surface area contributed by atoms with E-state index in [0.717, 1.165) is 56.2 Å². The molecule has 1 aromatic heterocycles. The Morgan fingerprint density at radius 1 is 1.00 bits per heavy atom. The van der Waals surface area contributed by atoms with E-state index in [1.54, 1.807) is 0 Å². The first-order valence-electron chi connectivity index (χ1n) is 13.3. The minimum Gasteiger partial charge on any atom is -0.353 e. The van der Waals surface area contributed by atoms with Crippen molar-refractivity contribution in [2.24, 2.45) is 5.92 Å². The van der Waals surface area contributed by atoms with Gasteiger partial charge in [-0.1, -0.05) is 50.3 Å². The number of fused-ring (bicyclic) bond motifs is 1. The Hall–Kier alpha value is -2.41. The van der Waals surface area contributed by atoms with Gasteiger partial charge in [0.15, 0.2) is 5.69 Å². The van der Waals surface area contributed by atoms with Crippen LogP contribution in [-0.4, -0.2) is 58.7 Å². The number of hydrogen-bond acceptors (Lipinski definition) is 4. The molecule has 186 valence electrons. The van der Waals surface area contributed by atoms with E-state index < -0.39 is 0 Å². The largest absolute Gasteiger partial charge is 0.353 e. The summed E-state index contributed by atoms with van der Waals surface area (Å²) in [4.78, 5) is 28.0.